The van der Waals surface area contributed by atoms with Crippen molar-refractivity contribution in [2.24, 2.45) is 0 Å². The van der Waals surface area contributed by atoms with E-state index < -0.39 is 12.0 Å². The molecule has 20 heavy (non-hydrogen) atoms. The van der Waals surface area contributed by atoms with Gasteiger partial charge in [-0.05, 0) is 20.3 Å². The first-order chi connectivity index (χ1) is 9.45. The molecule has 0 saturated carbocycles. The van der Waals surface area contributed by atoms with Crippen molar-refractivity contribution >= 4 is 23.8 Å². The van der Waals surface area contributed by atoms with Crippen LogP contribution in [0.15, 0.2) is 0 Å². The van der Waals surface area contributed by atoms with Crippen LogP contribution in [0.25, 0.3) is 0 Å². The molecule has 7 heteroatoms. The Bertz CT molecular complexity index is 393. The third-order valence-corrected chi connectivity index (χ3v) is 5.25. The average molecular weight is 302 g/mol. The highest BCUT2D eigenvalue weighted by molar-refractivity contribution is 8.00. The number of hydrogen-bond donors (Lipinski definition) is 1. The van der Waals surface area contributed by atoms with E-state index in [2.05, 4.69) is 0 Å². The van der Waals surface area contributed by atoms with E-state index in [0.717, 1.165) is 6.42 Å². The number of carboxylic acids is 1. The summed E-state index contributed by atoms with van der Waals surface area (Å²) in [7, 11) is 0. The largest absolute Gasteiger partial charge is 0.480 e. The standard InChI is InChI=1S/C13H22N2O4S/c1-4-11-15(10(7-20-11)12(16)17)13(18)14-5-9(3)19-6-8(14)2/h8-11H,4-7H2,1-3H3,(H,16,17). The number of aliphatic carboxylic acids is 1. The van der Waals surface area contributed by atoms with Crippen LogP contribution in [0.4, 0.5) is 4.79 Å². The van der Waals surface area contributed by atoms with Crippen molar-refractivity contribution in [3.05, 3.63) is 0 Å². The smallest absolute Gasteiger partial charge is 0.327 e. The second-order valence-electron chi connectivity index (χ2n) is 5.39. The molecule has 2 saturated heterocycles. The number of carbonyl (C=O) groups is 2. The van der Waals surface area contributed by atoms with Gasteiger partial charge < -0.3 is 14.7 Å². The van der Waals surface area contributed by atoms with E-state index in [4.69, 9.17) is 4.74 Å². The summed E-state index contributed by atoms with van der Waals surface area (Å²) in [6, 6.07) is -0.907. The van der Waals surface area contributed by atoms with Crippen LogP contribution < -0.4 is 0 Å². The molecule has 0 radical (unpaired) electrons. The highest BCUT2D eigenvalue weighted by Gasteiger charge is 2.44. The van der Waals surface area contributed by atoms with Crippen molar-refractivity contribution < 1.29 is 19.4 Å². The molecule has 0 aromatic rings. The maximum absolute atomic E-state index is 12.8. The fraction of sp³-hybridized carbons (Fsp3) is 0.846. The number of thioether (sulfide) groups is 1. The predicted octanol–water partition coefficient (Wildman–Crippen LogP) is 1.45. The molecule has 1 N–H and O–H groups in total. The first-order valence-corrected chi connectivity index (χ1v) is 8.05. The van der Waals surface area contributed by atoms with Gasteiger partial charge >= 0.3 is 12.0 Å². The van der Waals surface area contributed by atoms with Gasteiger partial charge in [0.05, 0.1) is 24.1 Å². The van der Waals surface area contributed by atoms with Crippen LogP contribution in [0.5, 0.6) is 0 Å². The molecule has 2 amide bonds. The average Bonchev–Trinajstić information content (AvgIpc) is 2.84. The van der Waals surface area contributed by atoms with E-state index in [0.29, 0.717) is 18.9 Å². The number of hydrogen-bond acceptors (Lipinski definition) is 4. The number of carboxylic acid groups (broad SMARTS) is 1. The zero-order valence-electron chi connectivity index (χ0n) is 12.1. The van der Waals surface area contributed by atoms with Gasteiger partial charge in [0.1, 0.15) is 6.04 Å². The third kappa shape index (κ3) is 2.88. The maximum Gasteiger partial charge on any atom is 0.327 e. The Labute approximate surface area is 123 Å². The lowest BCUT2D eigenvalue weighted by molar-refractivity contribution is -0.141. The lowest BCUT2D eigenvalue weighted by Gasteiger charge is -2.40. The fourth-order valence-corrected chi connectivity index (χ4v) is 3.98. The molecular weight excluding hydrogens is 280 g/mol. The van der Waals surface area contributed by atoms with Crippen molar-refractivity contribution in [1.82, 2.24) is 9.80 Å². The van der Waals surface area contributed by atoms with Crippen molar-refractivity contribution in [1.29, 1.82) is 0 Å². The molecule has 2 fully saturated rings. The van der Waals surface area contributed by atoms with Crippen LogP contribution in [0.2, 0.25) is 0 Å². The zero-order chi connectivity index (χ0) is 14.9. The van der Waals surface area contributed by atoms with Gasteiger partial charge in [-0.1, -0.05) is 6.92 Å². The molecule has 0 aromatic carbocycles. The van der Waals surface area contributed by atoms with E-state index >= 15 is 0 Å². The van der Waals surface area contributed by atoms with E-state index in [1.807, 2.05) is 20.8 Å². The SMILES string of the molecule is CCC1SCC(C(=O)O)N1C(=O)N1CC(C)OCC1C. The van der Waals surface area contributed by atoms with E-state index in [9.17, 15) is 14.7 Å². The first-order valence-electron chi connectivity index (χ1n) is 7.00. The highest BCUT2D eigenvalue weighted by Crippen LogP contribution is 2.33. The Morgan fingerprint density at radius 1 is 1.40 bits per heavy atom. The van der Waals surface area contributed by atoms with E-state index in [-0.39, 0.29) is 23.6 Å². The second-order valence-corrected chi connectivity index (χ2v) is 6.60. The maximum atomic E-state index is 12.8. The summed E-state index contributed by atoms with van der Waals surface area (Å²) in [5, 5.41) is 9.26. The molecule has 6 nitrogen and oxygen atoms in total. The molecule has 2 heterocycles. The molecule has 2 aliphatic heterocycles. The summed E-state index contributed by atoms with van der Waals surface area (Å²) in [6.07, 6.45) is 0.753. The second kappa shape index (κ2) is 6.22. The lowest BCUT2D eigenvalue weighted by Crippen LogP contribution is -2.58. The van der Waals surface area contributed by atoms with Crippen LogP contribution in [-0.2, 0) is 9.53 Å². The van der Waals surface area contributed by atoms with Crippen molar-refractivity contribution in [2.45, 2.75) is 50.8 Å². The lowest BCUT2D eigenvalue weighted by atomic mass is 10.2. The summed E-state index contributed by atoms with van der Waals surface area (Å²) in [6.45, 7) is 6.86. The number of ether oxygens (including phenoxy) is 1. The van der Waals surface area contributed by atoms with Gasteiger partial charge in [0.25, 0.3) is 0 Å². The number of carbonyl (C=O) groups excluding carboxylic acids is 1. The number of nitrogens with zero attached hydrogens (tertiary/aromatic N) is 2. The van der Waals surface area contributed by atoms with Crippen molar-refractivity contribution in [3.63, 3.8) is 0 Å². The topological polar surface area (TPSA) is 70.1 Å². The Morgan fingerprint density at radius 2 is 2.10 bits per heavy atom. The Balaban J connectivity index is 2.17. The van der Waals surface area contributed by atoms with Gasteiger partial charge in [-0.2, -0.15) is 0 Å². The molecule has 4 atom stereocenters. The quantitative estimate of drug-likeness (QED) is 0.836. The summed E-state index contributed by atoms with van der Waals surface area (Å²) in [4.78, 5) is 27.4. The fourth-order valence-electron chi connectivity index (χ4n) is 2.64. The Kier molecular flexibility index (Phi) is 4.80. The molecule has 2 aliphatic rings. The molecule has 0 aliphatic carbocycles. The zero-order valence-corrected chi connectivity index (χ0v) is 12.9. The van der Waals surface area contributed by atoms with Crippen molar-refractivity contribution in [3.8, 4) is 0 Å². The Hall–Kier alpha value is -0.950. The van der Waals surface area contributed by atoms with Crippen LogP contribution >= 0.6 is 11.8 Å². The predicted molar refractivity (Wildman–Crippen MR) is 76.8 cm³/mol. The van der Waals surface area contributed by atoms with Gasteiger partial charge in [-0.3, -0.25) is 4.90 Å². The molecular formula is C13H22N2O4S. The van der Waals surface area contributed by atoms with Crippen molar-refractivity contribution in [2.75, 3.05) is 18.9 Å². The summed E-state index contributed by atoms with van der Waals surface area (Å²) in [5.41, 5.74) is 0. The van der Waals surface area contributed by atoms with Gasteiger partial charge in [-0.15, -0.1) is 11.8 Å². The number of amides is 2. The molecule has 0 spiro atoms. The summed E-state index contributed by atoms with van der Waals surface area (Å²) >= 11 is 1.55. The normalized spacial score (nSPS) is 34.4. The monoisotopic (exact) mass is 302 g/mol. The van der Waals surface area contributed by atoms with E-state index in [1.165, 1.54) is 0 Å². The van der Waals surface area contributed by atoms with Gasteiger partial charge in [-0.25, -0.2) is 9.59 Å². The molecule has 0 bridgehead atoms. The summed E-state index contributed by atoms with van der Waals surface area (Å²) < 4.78 is 5.53. The van der Waals surface area contributed by atoms with Crippen LogP contribution in [0, 0.1) is 0 Å². The minimum atomic E-state index is -0.921. The van der Waals surface area contributed by atoms with Gasteiger partial charge in [0.15, 0.2) is 0 Å². The number of urea groups is 1. The minimum Gasteiger partial charge on any atom is -0.480 e. The van der Waals surface area contributed by atoms with Gasteiger partial charge in [0, 0.05) is 12.3 Å². The Morgan fingerprint density at radius 3 is 2.70 bits per heavy atom. The van der Waals surface area contributed by atoms with Crippen LogP contribution in [0.3, 0.4) is 0 Å². The molecule has 2 rings (SSSR count). The first kappa shape index (κ1) is 15.4. The highest BCUT2D eigenvalue weighted by atomic mass is 32.2. The third-order valence-electron chi connectivity index (χ3n) is 3.80. The summed E-state index contributed by atoms with van der Waals surface area (Å²) in [5.74, 6) is -0.454. The number of morpholine rings is 1. The molecule has 4 unspecified atom stereocenters. The molecule has 114 valence electrons. The van der Waals surface area contributed by atoms with Crippen LogP contribution in [-0.4, -0.2) is 69.4 Å². The van der Waals surface area contributed by atoms with Gasteiger partial charge in [0.2, 0.25) is 0 Å². The number of rotatable bonds is 2. The molecule has 0 aromatic heterocycles. The minimum absolute atomic E-state index is 0.00578. The van der Waals surface area contributed by atoms with E-state index in [1.54, 1.807) is 21.6 Å². The van der Waals surface area contributed by atoms with Crippen LogP contribution in [0.1, 0.15) is 27.2 Å².